The first-order chi connectivity index (χ1) is 9.61. The quantitative estimate of drug-likeness (QED) is 0.864. The van der Waals surface area contributed by atoms with Gasteiger partial charge in [-0.15, -0.1) is 0 Å². The van der Waals surface area contributed by atoms with Gasteiger partial charge in [-0.05, 0) is 13.0 Å². The number of hydrogen-bond acceptors (Lipinski definition) is 2. The van der Waals surface area contributed by atoms with Gasteiger partial charge in [0.05, 0.1) is 35.7 Å². The van der Waals surface area contributed by atoms with Crippen LogP contribution in [-0.2, 0) is 16.1 Å². The number of benzene rings is 1. The van der Waals surface area contributed by atoms with Crippen molar-refractivity contribution in [3.8, 4) is 0 Å². The number of piperidine rings is 1. The molecule has 0 spiro atoms. The number of carbonyl (C=O) groups is 1. The molecule has 1 aliphatic rings. The van der Waals surface area contributed by atoms with E-state index in [9.17, 15) is 4.79 Å². The summed E-state index contributed by atoms with van der Waals surface area (Å²) in [4.78, 5) is 13.1. The SMILES string of the molecule is CCOC(=O)C1CC[NH+](Cc2cccc(Cl)c2Cl)CC1. The Hall–Kier alpha value is -0.770. The third-order valence-corrected chi connectivity index (χ3v) is 4.64. The van der Waals surface area contributed by atoms with E-state index in [2.05, 4.69) is 0 Å². The molecule has 5 heteroatoms. The van der Waals surface area contributed by atoms with E-state index in [4.69, 9.17) is 27.9 Å². The number of halogens is 2. The van der Waals surface area contributed by atoms with Gasteiger partial charge in [0, 0.05) is 18.4 Å². The van der Waals surface area contributed by atoms with Crippen molar-refractivity contribution in [2.75, 3.05) is 19.7 Å². The van der Waals surface area contributed by atoms with Gasteiger partial charge in [0.1, 0.15) is 6.54 Å². The van der Waals surface area contributed by atoms with Crippen LogP contribution >= 0.6 is 23.2 Å². The molecule has 0 saturated carbocycles. The van der Waals surface area contributed by atoms with Crippen LogP contribution in [0.4, 0.5) is 0 Å². The lowest BCUT2D eigenvalue weighted by Crippen LogP contribution is -3.11. The first-order valence-electron chi connectivity index (χ1n) is 7.05. The molecule has 1 aromatic rings. The van der Waals surface area contributed by atoms with Gasteiger partial charge < -0.3 is 9.64 Å². The summed E-state index contributed by atoms with van der Waals surface area (Å²) >= 11 is 12.2. The largest absolute Gasteiger partial charge is 0.466 e. The summed E-state index contributed by atoms with van der Waals surface area (Å²) in [7, 11) is 0. The number of ether oxygens (including phenoxy) is 1. The molecule has 0 amide bonds. The zero-order valence-electron chi connectivity index (χ0n) is 11.6. The van der Waals surface area contributed by atoms with Crippen LogP contribution in [-0.4, -0.2) is 25.7 Å². The van der Waals surface area contributed by atoms with Gasteiger partial charge in [-0.3, -0.25) is 4.79 Å². The van der Waals surface area contributed by atoms with Crippen LogP contribution in [0, 0.1) is 5.92 Å². The van der Waals surface area contributed by atoms with Gasteiger partial charge in [-0.25, -0.2) is 0 Å². The van der Waals surface area contributed by atoms with Gasteiger partial charge in [0.15, 0.2) is 0 Å². The molecule has 1 saturated heterocycles. The Balaban J connectivity index is 1.88. The highest BCUT2D eigenvalue weighted by Gasteiger charge is 2.28. The second-order valence-corrected chi connectivity index (χ2v) is 5.95. The average Bonchev–Trinajstić information content (AvgIpc) is 2.45. The maximum absolute atomic E-state index is 11.7. The van der Waals surface area contributed by atoms with Gasteiger partial charge >= 0.3 is 5.97 Å². The van der Waals surface area contributed by atoms with Crippen LogP contribution in [0.25, 0.3) is 0 Å². The van der Waals surface area contributed by atoms with Crippen molar-refractivity contribution in [2.45, 2.75) is 26.3 Å². The van der Waals surface area contributed by atoms with Crippen molar-refractivity contribution in [3.05, 3.63) is 33.8 Å². The molecule has 1 fully saturated rings. The molecule has 1 heterocycles. The molecular formula is C15H20Cl2NO2+. The molecule has 0 atom stereocenters. The Kier molecular flexibility index (Phi) is 5.70. The molecule has 0 aliphatic carbocycles. The van der Waals surface area contributed by atoms with Gasteiger partial charge in [0.2, 0.25) is 0 Å². The van der Waals surface area contributed by atoms with Crippen LogP contribution in [0.1, 0.15) is 25.3 Å². The highest BCUT2D eigenvalue weighted by molar-refractivity contribution is 6.42. The molecule has 1 aromatic carbocycles. The minimum atomic E-state index is -0.0488. The van der Waals surface area contributed by atoms with E-state index in [0.717, 1.165) is 38.0 Å². The predicted octanol–water partition coefficient (Wildman–Crippen LogP) is 2.35. The monoisotopic (exact) mass is 316 g/mol. The summed E-state index contributed by atoms with van der Waals surface area (Å²) in [5, 5.41) is 1.25. The molecule has 1 aliphatic heterocycles. The first-order valence-corrected chi connectivity index (χ1v) is 7.80. The smallest absolute Gasteiger partial charge is 0.309 e. The first kappa shape index (κ1) is 15.6. The van der Waals surface area contributed by atoms with Gasteiger partial charge in [-0.1, -0.05) is 35.3 Å². The average molecular weight is 317 g/mol. The second kappa shape index (κ2) is 7.30. The highest BCUT2D eigenvalue weighted by atomic mass is 35.5. The van der Waals surface area contributed by atoms with Crippen LogP contribution in [0.3, 0.4) is 0 Å². The third kappa shape index (κ3) is 3.87. The summed E-state index contributed by atoms with van der Waals surface area (Å²) in [6.45, 7) is 5.09. The molecule has 3 nitrogen and oxygen atoms in total. The van der Waals surface area contributed by atoms with E-state index >= 15 is 0 Å². The third-order valence-electron chi connectivity index (χ3n) is 3.78. The van der Waals surface area contributed by atoms with Crippen molar-refractivity contribution in [1.82, 2.24) is 0 Å². The van der Waals surface area contributed by atoms with E-state index in [1.165, 1.54) is 4.90 Å². The summed E-state index contributed by atoms with van der Waals surface area (Å²) in [5.74, 6) is 0.0147. The summed E-state index contributed by atoms with van der Waals surface area (Å²) in [6, 6.07) is 5.74. The van der Waals surface area contributed by atoms with E-state index in [1.807, 2.05) is 19.1 Å². The zero-order valence-corrected chi connectivity index (χ0v) is 13.1. The maximum atomic E-state index is 11.7. The molecule has 1 N–H and O–H groups in total. The Bertz CT molecular complexity index is 471. The summed E-state index contributed by atoms with van der Waals surface area (Å²) in [6.07, 6.45) is 1.76. The second-order valence-electron chi connectivity index (χ2n) is 5.17. The molecule has 110 valence electrons. The number of likely N-dealkylation sites (tertiary alicyclic amines) is 1. The fraction of sp³-hybridized carbons (Fsp3) is 0.533. The maximum Gasteiger partial charge on any atom is 0.309 e. The topological polar surface area (TPSA) is 30.7 Å². The summed E-state index contributed by atoms with van der Waals surface area (Å²) < 4.78 is 5.08. The van der Waals surface area contributed by atoms with Crippen molar-refractivity contribution in [3.63, 3.8) is 0 Å². The normalized spacial score (nSPS) is 22.6. The minimum Gasteiger partial charge on any atom is -0.466 e. The number of nitrogens with one attached hydrogen (secondary N) is 1. The molecule has 20 heavy (non-hydrogen) atoms. The van der Waals surface area contributed by atoms with Crippen molar-refractivity contribution in [2.24, 2.45) is 5.92 Å². The lowest BCUT2D eigenvalue weighted by atomic mass is 9.96. The van der Waals surface area contributed by atoms with Crippen molar-refractivity contribution in [1.29, 1.82) is 0 Å². The Labute approximate surface area is 129 Å². The van der Waals surface area contributed by atoms with E-state index in [-0.39, 0.29) is 11.9 Å². The van der Waals surface area contributed by atoms with Crippen molar-refractivity contribution >= 4 is 29.2 Å². The minimum absolute atomic E-state index is 0.0488. The Morgan fingerprint density at radius 1 is 1.35 bits per heavy atom. The number of carbonyl (C=O) groups excluding carboxylic acids is 1. The van der Waals surface area contributed by atoms with Crippen LogP contribution in [0.5, 0.6) is 0 Å². The predicted molar refractivity (Wildman–Crippen MR) is 80.2 cm³/mol. The zero-order chi connectivity index (χ0) is 14.5. The number of rotatable bonds is 4. The number of quaternary nitrogens is 1. The van der Waals surface area contributed by atoms with Crippen molar-refractivity contribution < 1.29 is 14.4 Å². The molecule has 0 unspecified atom stereocenters. The molecule has 0 aromatic heterocycles. The van der Waals surface area contributed by atoms with Crippen LogP contribution in [0.15, 0.2) is 18.2 Å². The standard InChI is InChI=1S/C15H19Cl2NO2/c1-2-20-15(19)11-6-8-18(9-7-11)10-12-4-3-5-13(16)14(12)17/h3-5,11H,2,6-10H2,1H3/p+1. The van der Waals surface area contributed by atoms with Gasteiger partial charge in [0.25, 0.3) is 0 Å². The lowest BCUT2D eigenvalue weighted by Gasteiger charge is -2.28. The number of hydrogen-bond donors (Lipinski definition) is 1. The van der Waals surface area contributed by atoms with E-state index < -0.39 is 0 Å². The molecule has 2 rings (SSSR count). The molecule has 0 bridgehead atoms. The van der Waals surface area contributed by atoms with Gasteiger partial charge in [-0.2, -0.15) is 0 Å². The van der Waals surface area contributed by atoms with Crippen LogP contribution in [0.2, 0.25) is 10.0 Å². The fourth-order valence-corrected chi connectivity index (χ4v) is 3.04. The highest BCUT2D eigenvalue weighted by Crippen LogP contribution is 2.25. The lowest BCUT2D eigenvalue weighted by molar-refractivity contribution is -0.919. The molecule has 0 radical (unpaired) electrons. The Morgan fingerprint density at radius 2 is 2.05 bits per heavy atom. The summed E-state index contributed by atoms with van der Waals surface area (Å²) in [5.41, 5.74) is 1.07. The van der Waals surface area contributed by atoms with E-state index in [1.54, 1.807) is 6.07 Å². The van der Waals surface area contributed by atoms with E-state index in [0.29, 0.717) is 16.7 Å². The van der Waals surface area contributed by atoms with Crippen LogP contribution < -0.4 is 4.90 Å². The fourth-order valence-electron chi connectivity index (χ4n) is 2.65. The molecular weight excluding hydrogens is 297 g/mol. The number of esters is 1. The Morgan fingerprint density at radius 3 is 2.70 bits per heavy atom.